The van der Waals surface area contributed by atoms with E-state index in [0.717, 1.165) is 36.7 Å². The van der Waals surface area contributed by atoms with Gasteiger partial charge in [0.2, 0.25) is 5.90 Å². The highest BCUT2D eigenvalue weighted by Crippen LogP contribution is 2.10. The molecule has 2 N–H and O–H groups in total. The fourth-order valence-electron chi connectivity index (χ4n) is 1.26. The number of hydrogen-bond donors (Lipinski definition) is 1. The zero-order chi connectivity index (χ0) is 9.10. The Hall–Kier alpha value is -1.51. The highest BCUT2D eigenvalue weighted by atomic mass is 16.5. The highest BCUT2D eigenvalue weighted by molar-refractivity contribution is 5.94. The first kappa shape index (κ1) is 8.10. The van der Waals surface area contributed by atoms with Gasteiger partial charge in [-0.2, -0.15) is 0 Å². The molecule has 1 aromatic carbocycles. The second-order valence-corrected chi connectivity index (χ2v) is 3.01. The summed E-state index contributed by atoms with van der Waals surface area (Å²) in [5.74, 6) is 0.742. The molecule has 13 heavy (non-hydrogen) atoms. The van der Waals surface area contributed by atoms with Gasteiger partial charge in [0.25, 0.3) is 0 Å². The minimum Gasteiger partial charge on any atom is -0.477 e. The summed E-state index contributed by atoms with van der Waals surface area (Å²) >= 11 is 0. The number of nitrogens with two attached hydrogens (primary N) is 1. The zero-order valence-corrected chi connectivity index (χ0v) is 7.36. The van der Waals surface area contributed by atoms with Crippen molar-refractivity contribution in [1.29, 1.82) is 0 Å². The molecule has 68 valence electrons. The quantitative estimate of drug-likeness (QED) is 0.658. The predicted octanol–water partition coefficient (Wildman–Crippen LogP) is 1.44. The van der Waals surface area contributed by atoms with Gasteiger partial charge in [-0.1, -0.05) is 0 Å². The lowest BCUT2D eigenvalue weighted by molar-refractivity contribution is 0.284. The Morgan fingerprint density at radius 2 is 2.00 bits per heavy atom. The molecular weight excluding hydrogens is 164 g/mol. The summed E-state index contributed by atoms with van der Waals surface area (Å²) in [4.78, 5) is 4.28. The van der Waals surface area contributed by atoms with Gasteiger partial charge in [0.1, 0.15) is 0 Å². The van der Waals surface area contributed by atoms with Crippen molar-refractivity contribution < 1.29 is 4.74 Å². The van der Waals surface area contributed by atoms with E-state index >= 15 is 0 Å². The summed E-state index contributed by atoms with van der Waals surface area (Å²) < 4.78 is 5.41. The Morgan fingerprint density at radius 3 is 2.62 bits per heavy atom. The molecule has 0 unspecified atom stereocenters. The molecule has 0 radical (unpaired) electrons. The number of nitrogens with zero attached hydrogens (tertiary/aromatic N) is 1. The highest BCUT2D eigenvalue weighted by Gasteiger charge is 2.07. The third-order valence-corrected chi connectivity index (χ3v) is 1.95. The maximum absolute atomic E-state index is 5.58. The molecule has 0 atom stereocenters. The molecule has 1 aliphatic heterocycles. The van der Waals surface area contributed by atoms with Crippen LogP contribution in [0.2, 0.25) is 0 Å². The van der Waals surface area contributed by atoms with Crippen LogP contribution in [0.25, 0.3) is 0 Å². The Balaban J connectivity index is 2.24. The molecule has 0 aliphatic carbocycles. The van der Waals surface area contributed by atoms with Crippen LogP contribution in [-0.4, -0.2) is 19.0 Å². The fourth-order valence-corrected chi connectivity index (χ4v) is 1.26. The third-order valence-electron chi connectivity index (χ3n) is 1.95. The molecule has 1 aromatic rings. The van der Waals surface area contributed by atoms with E-state index in [0.29, 0.717) is 0 Å². The summed E-state index contributed by atoms with van der Waals surface area (Å²) in [5, 5.41) is 0. The van der Waals surface area contributed by atoms with Gasteiger partial charge in [-0.15, -0.1) is 0 Å². The van der Waals surface area contributed by atoms with Gasteiger partial charge in [0.15, 0.2) is 0 Å². The Labute approximate surface area is 77.2 Å². The number of hydrogen-bond acceptors (Lipinski definition) is 3. The average Bonchev–Trinajstić information content (AvgIpc) is 2.20. The van der Waals surface area contributed by atoms with Crippen LogP contribution in [0.3, 0.4) is 0 Å². The number of nitrogen functional groups attached to an aromatic ring is 1. The average molecular weight is 176 g/mol. The van der Waals surface area contributed by atoms with Crippen LogP contribution in [0.4, 0.5) is 5.69 Å². The SMILES string of the molecule is Nc1ccc(C2=NCCCO2)cc1. The zero-order valence-electron chi connectivity index (χ0n) is 7.36. The molecule has 0 saturated carbocycles. The minimum absolute atomic E-state index is 0.742. The van der Waals surface area contributed by atoms with E-state index in [1.807, 2.05) is 24.3 Å². The fraction of sp³-hybridized carbons (Fsp3) is 0.300. The summed E-state index contributed by atoms with van der Waals surface area (Å²) in [6.07, 6.45) is 1.01. The number of anilines is 1. The molecular formula is C10H12N2O. The van der Waals surface area contributed by atoms with Crippen molar-refractivity contribution >= 4 is 11.6 Å². The smallest absolute Gasteiger partial charge is 0.216 e. The van der Waals surface area contributed by atoms with Gasteiger partial charge in [-0.3, -0.25) is 4.99 Å². The largest absolute Gasteiger partial charge is 0.477 e. The summed E-state index contributed by atoms with van der Waals surface area (Å²) in [6.45, 7) is 1.63. The van der Waals surface area contributed by atoms with E-state index in [2.05, 4.69) is 4.99 Å². The van der Waals surface area contributed by atoms with E-state index in [9.17, 15) is 0 Å². The number of ether oxygens (including phenoxy) is 1. The van der Waals surface area contributed by atoms with Crippen LogP contribution in [0.5, 0.6) is 0 Å². The summed E-state index contributed by atoms with van der Waals surface area (Å²) in [5.41, 5.74) is 7.35. The van der Waals surface area contributed by atoms with E-state index in [1.54, 1.807) is 0 Å². The van der Waals surface area contributed by atoms with Crippen LogP contribution < -0.4 is 5.73 Å². The first-order chi connectivity index (χ1) is 6.36. The van der Waals surface area contributed by atoms with Crippen molar-refractivity contribution in [3.8, 4) is 0 Å². The normalized spacial score (nSPS) is 16.2. The topological polar surface area (TPSA) is 47.6 Å². The molecule has 0 spiro atoms. The number of benzene rings is 1. The van der Waals surface area contributed by atoms with Gasteiger partial charge in [-0.25, -0.2) is 0 Å². The second-order valence-electron chi connectivity index (χ2n) is 3.01. The van der Waals surface area contributed by atoms with Crippen LogP contribution >= 0.6 is 0 Å². The molecule has 0 bridgehead atoms. The molecule has 3 heteroatoms. The molecule has 0 aromatic heterocycles. The van der Waals surface area contributed by atoms with E-state index in [1.165, 1.54) is 0 Å². The molecule has 1 aliphatic rings. The summed E-state index contributed by atoms with van der Waals surface area (Å²) in [7, 11) is 0. The predicted molar refractivity (Wildman–Crippen MR) is 52.8 cm³/mol. The van der Waals surface area contributed by atoms with E-state index in [-0.39, 0.29) is 0 Å². The lowest BCUT2D eigenvalue weighted by atomic mass is 10.2. The maximum atomic E-state index is 5.58. The minimum atomic E-state index is 0.742. The maximum Gasteiger partial charge on any atom is 0.216 e. The molecule has 1 heterocycles. The standard InChI is InChI=1S/C10H12N2O/c11-9-4-2-8(3-5-9)10-12-6-1-7-13-10/h2-5H,1,6-7,11H2. The van der Waals surface area contributed by atoms with E-state index < -0.39 is 0 Å². The van der Waals surface area contributed by atoms with Gasteiger partial charge in [0, 0.05) is 24.2 Å². The van der Waals surface area contributed by atoms with Crippen molar-refractivity contribution in [3.63, 3.8) is 0 Å². The van der Waals surface area contributed by atoms with Crippen molar-refractivity contribution in [2.45, 2.75) is 6.42 Å². The van der Waals surface area contributed by atoms with E-state index in [4.69, 9.17) is 10.5 Å². The summed E-state index contributed by atoms with van der Waals surface area (Å²) in [6, 6.07) is 7.57. The monoisotopic (exact) mass is 176 g/mol. The van der Waals surface area contributed by atoms with Crippen molar-refractivity contribution in [2.24, 2.45) is 4.99 Å². The van der Waals surface area contributed by atoms with Crippen molar-refractivity contribution in [1.82, 2.24) is 0 Å². The first-order valence-electron chi connectivity index (χ1n) is 4.39. The molecule has 0 saturated heterocycles. The number of aliphatic imine (C=N–C) groups is 1. The van der Waals surface area contributed by atoms with Crippen molar-refractivity contribution in [2.75, 3.05) is 18.9 Å². The molecule has 0 amide bonds. The van der Waals surface area contributed by atoms with Crippen LogP contribution in [-0.2, 0) is 4.74 Å². The molecule has 0 fully saturated rings. The molecule has 3 nitrogen and oxygen atoms in total. The first-order valence-corrected chi connectivity index (χ1v) is 4.39. The van der Waals surface area contributed by atoms with Gasteiger partial charge in [0.05, 0.1) is 6.61 Å². The van der Waals surface area contributed by atoms with Crippen LogP contribution in [0.15, 0.2) is 29.3 Å². The van der Waals surface area contributed by atoms with Gasteiger partial charge >= 0.3 is 0 Å². The Bertz CT molecular complexity index is 316. The van der Waals surface area contributed by atoms with Gasteiger partial charge in [-0.05, 0) is 24.3 Å². The third kappa shape index (κ3) is 1.80. The Kier molecular flexibility index (Phi) is 2.17. The van der Waals surface area contributed by atoms with Crippen molar-refractivity contribution in [3.05, 3.63) is 29.8 Å². The lowest BCUT2D eigenvalue weighted by Gasteiger charge is -2.13. The number of rotatable bonds is 1. The lowest BCUT2D eigenvalue weighted by Crippen LogP contribution is -2.14. The second kappa shape index (κ2) is 3.47. The Morgan fingerprint density at radius 1 is 1.23 bits per heavy atom. The van der Waals surface area contributed by atoms with Gasteiger partial charge < -0.3 is 10.5 Å². The molecule has 2 rings (SSSR count). The van der Waals surface area contributed by atoms with Crippen LogP contribution in [0, 0.1) is 0 Å². The van der Waals surface area contributed by atoms with Crippen LogP contribution in [0.1, 0.15) is 12.0 Å².